The highest BCUT2D eigenvalue weighted by Crippen LogP contribution is 2.48. The van der Waals surface area contributed by atoms with E-state index in [1.807, 2.05) is 0 Å². The maximum atomic E-state index is 5.83. The molecule has 2 heterocycles. The molecule has 5 heteroatoms. The molecule has 1 saturated heterocycles. The molecule has 1 saturated carbocycles. The minimum Gasteiger partial charge on any atom is -0.368 e. The average Bonchev–Trinajstić information content (AvgIpc) is 3.04. The maximum Gasteiger partial charge on any atom is 0.222 e. The van der Waals surface area contributed by atoms with Crippen molar-refractivity contribution in [1.82, 2.24) is 5.16 Å². The van der Waals surface area contributed by atoms with Crippen LogP contribution >= 0.6 is 0 Å². The number of rotatable bonds is 4. The average molecular weight is 238 g/mol. The lowest BCUT2D eigenvalue weighted by atomic mass is 10.0. The summed E-state index contributed by atoms with van der Waals surface area (Å²) in [7, 11) is 0. The molecule has 3 rings (SSSR count). The second-order valence-corrected chi connectivity index (χ2v) is 5.00. The van der Waals surface area contributed by atoms with Crippen LogP contribution in [0.2, 0.25) is 0 Å². The van der Waals surface area contributed by atoms with E-state index >= 15 is 0 Å². The van der Waals surface area contributed by atoms with Gasteiger partial charge in [0, 0.05) is 18.1 Å². The quantitative estimate of drug-likeness (QED) is 0.866. The SMILES string of the molecule is Nc1cc(C2(COC3CCCCO3)CC2)no1. The lowest BCUT2D eigenvalue weighted by Gasteiger charge is -2.24. The molecule has 2 fully saturated rings. The third-order valence-electron chi connectivity index (χ3n) is 3.61. The molecule has 1 aliphatic heterocycles. The van der Waals surface area contributed by atoms with Crippen molar-refractivity contribution < 1.29 is 14.0 Å². The lowest BCUT2D eigenvalue weighted by Crippen LogP contribution is -2.27. The third-order valence-corrected chi connectivity index (χ3v) is 3.61. The van der Waals surface area contributed by atoms with E-state index in [1.54, 1.807) is 6.07 Å². The third kappa shape index (κ3) is 2.30. The molecule has 0 aromatic carbocycles. The van der Waals surface area contributed by atoms with Gasteiger partial charge in [0.25, 0.3) is 0 Å². The monoisotopic (exact) mass is 238 g/mol. The summed E-state index contributed by atoms with van der Waals surface area (Å²) >= 11 is 0. The van der Waals surface area contributed by atoms with Gasteiger partial charge in [0.2, 0.25) is 5.88 Å². The zero-order valence-electron chi connectivity index (χ0n) is 9.85. The Morgan fingerprint density at radius 1 is 1.47 bits per heavy atom. The Balaban J connectivity index is 1.57. The van der Waals surface area contributed by atoms with Gasteiger partial charge in [-0.1, -0.05) is 5.16 Å². The number of hydrogen-bond acceptors (Lipinski definition) is 5. The van der Waals surface area contributed by atoms with Gasteiger partial charge in [0.1, 0.15) is 0 Å². The molecule has 0 amide bonds. The van der Waals surface area contributed by atoms with Gasteiger partial charge in [0.15, 0.2) is 6.29 Å². The van der Waals surface area contributed by atoms with Crippen LogP contribution in [0.15, 0.2) is 10.6 Å². The fraction of sp³-hybridized carbons (Fsp3) is 0.750. The van der Waals surface area contributed by atoms with E-state index in [-0.39, 0.29) is 11.7 Å². The van der Waals surface area contributed by atoms with Crippen LogP contribution in [0.1, 0.15) is 37.8 Å². The van der Waals surface area contributed by atoms with E-state index in [0.29, 0.717) is 12.5 Å². The van der Waals surface area contributed by atoms with E-state index in [4.69, 9.17) is 19.7 Å². The number of aromatic nitrogens is 1. The summed E-state index contributed by atoms with van der Waals surface area (Å²) in [5.74, 6) is 0.375. The van der Waals surface area contributed by atoms with Gasteiger partial charge in [-0.15, -0.1) is 0 Å². The van der Waals surface area contributed by atoms with E-state index in [2.05, 4.69) is 5.16 Å². The molecule has 17 heavy (non-hydrogen) atoms. The van der Waals surface area contributed by atoms with Crippen molar-refractivity contribution in [1.29, 1.82) is 0 Å². The molecule has 2 aliphatic rings. The molecule has 0 radical (unpaired) electrons. The van der Waals surface area contributed by atoms with Gasteiger partial charge < -0.3 is 19.7 Å². The molecule has 1 unspecified atom stereocenters. The number of hydrogen-bond donors (Lipinski definition) is 1. The van der Waals surface area contributed by atoms with E-state index < -0.39 is 0 Å². The highest BCUT2D eigenvalue weighted by atomic mass is 16.7. The highest BCUT2D eigenvalue weighted by molar-refractivity contribution is 5.33. The van der Waals surface area contributed by atoms with Crippen LogP contribution in [0.25, 0.3) is 0 Å². The van der Waals surface area contributed by atoms with Crippen LogP contribution in [-0.2, 0) is 14.9 Å². The van der Waals surface area contributed by atoms with Crippen molar-refractivity contribution in [2.45, 2.75) is 43.8 Å². The number of anilines is 1. The Labute approximate surface area is 100 Å². The summed E-state index contributed by atoms with van der Waals surface area (Å²) in [4.78, 5) is 0. The van der Waals surface area contributed by atoms with Gasteiger partial charge >= 0.3 is 0 Å². The smallest absolute Gasteiger partial charge is 0.222 e. The molecule has 2 N–H and O–H groups in total. The van der Waals surface area contributed by atoms with Crippen LogP contribution in [0.3, 0.4) is 0 Å². The molecule has 1 aromatic heterocycles. The van der Waals surface area contributed by atoms with Crippen LogP contribution in [0.4, 0.5) is 5.88 Å². The van der Waals surface area contributed by atoms with Crippen LogP contribution in [-0.4, -0.2) is 24.7 Å². The number of nitrogens with two attached hydrogens (primary N) is 1. The predicted molar refractivity (Wildman–Crippen MR) is 61.4 cm³/mol. The standard InChI is InChI=1S/C12H18N2O3/c13-10-7-9(14-17-10)12(4-5-12)8-16-11-3-1-2-6-15-11/h7,11H,1-6,8,13H2. The minimum absolute atomic E-state index is 0.0297. The first-order valence-electron chi connectivity index (χ1n) is 6.24. The van der Waals surface area contributed by atoms with E-state index in [0.717, 1.165) is 38.0 Å². The largest absolute Gasteiger partial charge is 0.368 e. The summed E-state index contributed by atoms with van der Waals surface area (Å²) < 4.78 is 16.3. The lowest BCUT2D eigenvalue weighted by molar-refractivity contribution is -0.166. The Hall–Kier alpha value is -1.07. The van der Waals surface area contributed by atoms with Crippen molar-refractivity contribution >= 4 is 5.88 Å². The van der Waals surface area contributed by atoms with Gasteiger partial charge in [-0.2, -0.15) is 0 Å². The topological polar surface area (TPSA) is 70.5 Å². The predicted octanol–water partition coefficient (Wildman–Crippen LogP) is 1.83. The molecule has 0 spiro atoms. The Morgan fingerprint density at radius 2 is 2.35 bits per heavy atom. The van der Waals surface area contributed by atoms with Gasteiger partial charge in [-0.25, -0.2) is 0 Å². The second-order valence-electron chi connectivity index (χ2n) is 5.00. The zero-order chi connectivity index (χ0) is 11.7. The second kappa shape index (κ2) is 4.31. The summed E-state index contributed by atoms with van der Waals surface area (Å²) in [6, 6.07) is 1.80. The Morgan fingerprint density at radius 3 is 2.94 bits per heavy atom. The molecular weight excluding hydrogens is 220 g/mol. The first kappa shape index (κ1) is 11.0. The molecule has 5 nitrogen and oxygen atoms in total. The van der Waals surface area contributed by atoms with Crippen molar-refractivity contribution in [3.8, 4) is 0 Å². The highest BCUT2D eigenvalue weighted by Gasteiger charge is 2.47. The summed E-state index contributed by atoms with van der Waals surface area (Å²) in [6.45, 7) is 1.47. The van der Waals surface area contributed by atoms with Gasteiger partial charge in [0.05, 0.1) is 12.3 Å². The van der Waals surface area contributed by atoms with E-state index in [9.17, 15) is 0 Å². The Bertz CT molecular complexity index is 381. The number of nitrogen functional groups attached to an aromatic ring is 1. The molecular formula is C12H18N2O3. The summed E-state index contributed by atoms with van der Waals surface area (Å²) in [5, 5.41) is 3.99. The molecule has 1 atom stereocenters. The van der Waals surface area contributed by atoms with Crippen molar-refractivity contribution in [2.75, 3.05) is 18.9 Å². The summed E-state index contributed by atoms with van der Waals surface area (Å²) in [6.07, 6.45) is 5.47. The maximum absolute atomic E-state index is 5.83. The van der Waals surface area contributed by atoms with Crippen molar-refractivity contribution in [3.63, 3.8) is 0 Å². The normalized spacial score (nSPS) is 26.9. The van der Waals surface area contributed by atoms with Crippen LogP contribution in [0, 0.1) is 0 Å². The van der Waals surface area contributed by atoms with Crippen molar-refractivity contribution in [2.24, 2.45) is 0 Å². The first-order valence-corrected chi connectivity index (χ1v) is 6.24. The molecule has 0 bridgehead atoms. The zero-order valence-corrected chi connectivity index (χ0v) is 9.85. The van der Waals surface area contributed by atoms with Gasteiger partial charge in [-0.05, 0) is 32.1 Å². The first-order chi connectivity index (χ1) is 8.28. The molecule has 1 aliphatic carbocycles. The minimum atomic E-state index is -0.0366. The fourth-order valence-electron chi connectivity index (χ4n) is 2.26. The number of ether oxygens (including phenoxy) is 2. The van der Waals surface area contributed by atoms with Gasteiger partial charge in [-0.3, -0.25) is 0 Å². The Kier molecular flexibility index (Phi) is 2.80. The summed E-state index contributed by atoms with van der Waals surface area (Å²) in [5.41, 5.74) is 6.50. The number of nitrogens with zero attached hydrogens (tertiary/aromatic N) is 1. The van der Waals surface area contributed by atoms with Crippen LogP contribution in [0.5, 0.6) is 0 Å². The van der Waals surface area contributed by atoms with E-state index in [1.165, 1.54) is 6.42 Å². The molecule has 94 valence electrons. The van der Waals surface area contributed by atoms with Crippen molar-refractivity contribution in [3.05, 3.63) is 11.8 Å². The fourth-order valence-corrected chi connectivity index (χ4v) is 2.26. The van der Waals surface area contributed by atoms with Crippen LogP contribution < -0.4 is 5.73 Å². The molecule has 1 aromatic rings.